The van der Waals surface area contributed by atoms with Gasteiger partial charge in [-0.05, 0) is 57.5 Å². The molecule has 3 aromatic rings. The minimum Gasteiger partial charge on any atom is -0.493 e. The lowest BCUT2D eigenvalue weighted by Gasteiger charge is -2.09. The molecule has 0 aliphatic rings. The molecule has 0 aliphatic heterocycles. The van der Waals surface area contributed by atoms with E-state index in [0.29, 0.717) is 29.9 Å². The van der Waals surface area contributed by atoms with Gasteiger partial charge in [-0.1, -0.05) is 0 Å². The Hall–Kier alpha value is -3.16. The molecule has 8 nitrogen and oxygen atoms in total. The summed E-state index contributed by atoms with van der Waals surface area (Å²) < 4.78 is 14.3. The maximum absolute atomic E-state index is 5.61. The second-order valence-corrected chi connectivity index (χ2v) is 5.79. The molecular formula is C18H22N6O2. The number of aryl methyl sites for hydroxylation is 3. The Balaban J connectivity index is 1.96. The molecule has 0 radical (unpaired) electrons. The fraction of sp³-hybridized carbons (Fsp3) is 0.333. The van der Waals surface area contributed by atoms with Gasteiger partial charge in [0.2, 0.25) is 0 Å². The molecule has 2 aromatic heterocycles. The van der Waals surface area contributed by atoms with E-state index in [1.54, 1.807) is 22.7 Å². The second-order valence-electron chi connectivity index (χ2n) is 5.79. The van der Waals surface area contributed by atoms with Gasteiger partial charge in [-0.25, -0.2) is 4.68 Å². The standard InChI is InChI=1S/C18H22N6O2/c1-6-26-17-10-15(7-8-16(17)25-5)11-19-24-14(4)20-21-18(24)23-13(3)9-12(2)22-23/h7-11H,6H2,1-5H3/b19-11-. The number of methoxy groups -OCH3 is 1. The first kappa shape index (κ1) is 17.7. The van der Waals surface area contributed by atoms with E-state index in [0.717, 1.165) is 17.0 Å². The first-order valence-electron chi connectivity index (χ1n) is 8.34. The van der Waals surface area contributed by atoms with Crippen LogP contribution in [0.2, 0.25) is 0 Å². The van der Waals surface area contributed by atoms with Crippen LogP contribution in [0, 0.1) is 20.8 Å². The van der Waals surface area contributed by atoms with Crippen LogP contribution < -0.4 is 9.47 Å². The van der Waals surface area contributed by atoms with Gasteiger partial charge in [-0.15, -0.1) is 10.2 Å². The highest BCUT2D eigenvalue weighted by Gasteiger charge is 2.13. The zero-order valence-electron chi connectivity index (χ0n) is 15.6. The van der Waals surface area contributed by atoms with Crippen molar-refractivity contribution in [3.63, 3.8) is 0 Å². The van der Waals surface area contributed by atoms with E-state index in [-0.39, 0.29) is 0 Å². The fourth-order valence-electron chi connectivity index (χ4n) is 2.61. The molecule has 1 aromatic carbocycles. The van der Waals surface area contributed by atoms with Gasteiger partial charge in [0.05, 0.1) is 25.6 Å². The molecule has 0 atom stereocenters. The number of rotatable bonds is 6. The van der Waals surface area contributed by atoms with E-state index in [2.05, 4.69) is 20.4 Å². The van der Waals surface area contributed by atoms with Crippen molar-refractivity contribution >= 4 is 6.21 Å². The van der Waals surface area contributed by atoms with Gasteiger partial charge in [0.25, 0.3) is 5.95 Å². The molecule has 3 rings (SSSR count). The Kier molecular flexibility index (Phi) is 5.01. The maximum atomic E-state index is 5.61. The van der Waals surface area contributed by atoms with Gasteiger partial charge >= 0.3 is 0 Å². The summed E-state index contributed by atoms with van der Waals surface area (Å²) in [4.78, 5) is 0. The first-order valence-corrected chi connectivity index (χ1v) is 8.34. The van der Waals surface area contributed by atoms with Crippen molar-refractivity contribution in [2.75, 3.05) is 13.7 Å². The summed E-state index contributed by atoms with van der Waals surface area (Å²) in [5, 5.41) is 17.3. The van der Waals surface area contributed by atoms with E-state index in [4.69, 9.17) is 9.47 Å². The number of ether oxygens (including phenoxy) is 2. The lowest BCUT2D eigenvalue weighted by Crippen LogP contribution is -2.08. The Labute approximate surface area is 152 Å². The third-order valence-corrected chi connectivity index (χ3v) is 3.79. The molecule has 0 N–H and O–H groups in total. The Morgan fingerprint density at radius 1 is 1.12 bits per heavy atom. The predicted molar refractivity (Wildman–Crippen MR) is 98.5 cm³/mol. The average molecular weight is 354 g/mol. The van der Waals surface area contributed by atoms with Crippen molar-refractivity contribution in [2.24, 2.45) is 5.10 Å². The number of aromatic nitrogens is 5. The lowest BCUT2D eigenvalue weighted by molar-refractivity contribution is 0.311. The zero-order chi connectivity index (χ0) is 18.7. The Bertz CT molecular complexity index is 941. The average Bonchev–Trinajstić information content (AvgIpc) is 3.14. The van der Waals surface area contributed by atoms with E-state index in [1.807, 2.05) is 52.0 Å². The molecular weight excluding hydrogens is 332 g/mol. The predicted octanol–water partition coefficient (Wildman–Crippen LogP) is 2.68. The van der Waals surface area contributed by atoms with E-state index < -0.39 is 0 Å². The van der Waals surface area contributed by atoms with E-state index in [1.165, 1.54) is 0 Å². The molecule has 0 saturated carbocycles. The van der Waals surface area contributed by atoms with Crippen LogP contribution >= 0.6 is 0 Å². The van der Waals surface area contributed by atoms with Gasteiger partial charge in [-0.2, -0.15) is 14.9 Å². The highest BCUT2D eigenvalue weighted by atomic mass is 16.5. The quantitative estimate of drug-likeness (QED) is 0.636. The van der Waals surface area contributed by atoms with Crippen LogP contribution in [0.15, 0.2) is 29.4 Å². The minimum absolute atomic E-state index is 0.544. The highest BCUT2D eigenvalue weighted by molar-refractivity contribution is 5.80. The zero-order valence-corrected chi connectivity index (χ0v) is 15.6. The molecule has 2 heterocycles. The molecule has 0 unspecified atom stereocenters. The number of benzene rings is 1. The van der Waals surface area contributed by atoms with Crippen molar-refractivity contribution < 1.29 is 9.47 Å². The maximum Gasteiger partial charge on any atom is 0.273 e. The molecule has 0 saturated heterocycles. The van der Waals surface area contributed by atoms with Crippen LogP contribution in [0.25, 0.3) is 5.95 Å². The third-order valence-electron chi connectivity index (χ3n) is 3.79. The highest BCUT2D eigenvalue weighted by Crippen LogP contribution is 2.27. The summed E-state index contributed by atoms with van der Waals surface area (Å²) in [6.45, 7) is 8.24. The molecule has 8 heteroatoms. The summed E-state index contributed by atoms with van der Waals surface area (Å²) in [5.41, 5.74) is 2.76. The topological polar surface area (TPSA) is 79.4 Å². The largest absolute Gasteiger partial charge is 0.493 e. The summed E-state index contributed by atoms with van der Waals surface area (Å²) in [7, 11) is 1.62. The smallest absolute Gasteiger partial charge is 0.273 e. The Morgan fingerprint density at radius 3 is 2.58 bits per heavy atom. The van der Waals surface area contributed by atoms with Gasteiger partial charge in [0, 0.05) is 5.69 Å². The SMILES string of the molecule is CCOc1cc(/C=N\n2c(C)nnc2-n2nc(C)cc2C)ccc1OC. The van der Waals surface area contributed by atoms with Crippen molar-refractivity contribution in [3.8, 4) is 17.4 Å². The second kappa shape index (κ2) is 7.38. The summed E-state index contributed by atoms with van der Waals surface area (Å²) in [5.74, 6) is 2.58. The number of hydrogen-bond acceptors (Lipinski definition) is 6. The van der Waals surface area contributed by atoms with Crippen LogP contribution in [-0.2, 0) is 0 Å². The summed E-state index contributed by atoms with van der Waals surface area (Å²) >= 11 is 0. The van der Waals surface area contributed by atoms with Crippen molar-refractivity contribution in [2.45, 2.75) is 27.7 Å². The van der Waals surface area contributed by atoms with Crippen molar-refractivity contribution in [1.29, 1.82) is 0 Å². The van der Waals surface area contributed by atoms with Crippen LogP contribution in [0.5, 0.6) is 11.5 Å². The van der Waals surface area contributed by atoms with E-state index in [9.17, 15) is 0 Å². The molecule has 0 aliphatic carbocycles. The summed E-state index contributed by atoms with van der Waals surface area (Å²) in [6.07, 6.45) is 1.73. The van der Waals surface area contributed by atoms with Crippen molar-refractivity contribution in [1.82, 2.24) is 24.7 Å². The molecule has 0 amide bonds. The van der Waals surface area contributed by atoms with Gasteiger partial charge in [-0.3, -0.25) is 0 Å². The molecule has 0 spiro atoms. The van der Waals surface area contributed by atoms with Crippen LogP contribution in [0.3, 0.4) is 0 Å². The van der Waals surface area contributed by atoms with Crippen LogP contribution in [-0.4, -0.2) is 44.6 Å². The molecule has 0 fully saturated rings. The fourth-order valence-corrected chi connectivity index (χ4v) is 2.61. The molecule has 26 heavy (non-hydrogen) atoms. The van der Waals surface area contributed by atoms with Gasteiger partial charge in [0.1, 0.15) is 0 Å². The third kappa shape index (κ3) is 3.44. The molecule has 136 valence electrons. The van der Waals surface area contributed by atoms with Crippen molar-refractivity contribution in [3.05, 3.63) is 47.0 Å². The van der Waals surface area contributed by atoms with Crippen LogP contribution in [0.1, 0.15) is 29.7 Å². The number of nitrogens with zero attached hydrogens (tertiary/aromatic N) is 6. The number of hydrogen-bond donors (Lipinski definition) is 0. The first-order chi connectivity index (χ1) is 12.5. The van der Waals surface area contributed by atoms with E-state index >= 15 is 0 Å². The Morgan fingerprint density at radius 2 is 1.92 bits per heavy atom. The monoisotopic (exact) mass is 354 g/mol. The summed E-state index contributed by atoms with van der Waals surface area (Å²) in [6, 6.07) is 7.63. The normalized spacial score (nSPS) is 11.3. The van der Waals surface area contributed by atoms with Gasteiger partial charge in [0.15, 0.2) is 17.3 Å². The van der Waals surface area contributed by atoms with Gasteiger partial charge < -0.3 is 9.47 Å². The van der Waals surface area contributed by atoms with Crippen LogP contribution in [0.4, 0.5) is 0 Å². The minimum atomic E-state index is 0.544. The molecule has 0 bridgehead atoms. The lowest BCUT2D eigenvalue weighted by atomic mass is 10.2.